The second kappa shape index (κ2) is 6.70. The van der Waals surface area contributed by atoms with Crippen molar-refractivity contribution < 1.29 is 13.8 Å². The summed E-state index contributed by atoms with van der Waals surface area (Å²) in [7, 11) is 2.28. The van der Waals surface area contributed by atoms with Gasteiger partial charge in [-0.2, -0.15) is 0 Å². The van der Waals surface area contributed by atoms with Gasteiger partial charge in [-0.25, -0.2) is 0 Å². The van der Waals surface area contributed by atoms with Crippen molar-refractivity contribution in [3.05, 3.63) is 17.5 Å². The molecule has 0 bridgehead atoms. The Bertz CT molecular complexity index is 570. The van der Waals surface area contributed by atoms with Gasteiger partial charge in [-0.3, -0.25) is 14.6 Å². The molecular formula is C17H29IN3O2+. The lowest BCUT2D eigenvalue weighted by Crippen LogP contribution is -2.45. The van der Waals surface area contributed by atoms with Gasteiger partial charge in [0.15, 0.2) is 11.2 Å². The Morgan fingerprint density at radius 2 is 2.04 bits per heavy atom. The largest absolute Gasteiger partial charge is 0.360 e. The van der Waals surface area contributed by atoms with Crippen LogP contribution in [-0.2, 0) is 4.43 Å². The number of hydrogen-bond acceptors (Lipinski definition) is 3. The van der Waals surface area contributed by atoms with Crippen LogP contribution in [-0.4, -0.2) is 40.3 Å². The standard InChI is InChI=1S/C17H28IN3O2/c1-6-9-10-21(5)16(4,17(21,7-2)8-3)19-15(22)14-11-13(12-18)23-20-14/h11H,6-10,12H2,1-5H3/p+1. The lowest BCUT2D eigenvalue weighted by Gasteiger charge is -2.21. The Hall–Kier alpha value is -0.630. The molecule has 0 spiro atoms. The van der Waals surface area contributed by atoms with E-state index < -0.39 is 0 Å². The first-order valence-corrected chi connectivity index (χ1v) is 10.1. The summed E-state index contributed by atoms with van der Waals surface area (Å²) in [5.74, 6) is 0.606. The maximum absolute atomic E-state index is 12.7. The molecule has 5 nitrogen and oxygen atoms in total. The van der Waals surface area contributed by atoms with Gasteiger partial charge in [0.2, 0.25) is 5.66 Å². The van der Waals surface area contributed by atoms with Crippen molar-refractivity contribution in [1.82, 2.24) is 10.5 Å². The second-order valence-electron chi connectivity index (χ2n) is 6.85. The van der Waals surface area contributed by atoms with Crippen molar-refractivity contribution in [2.75, 3.05) is 13.6 Å². The Balaban J connectivity index is 2.23. The van der Waals surface area contributed by atoms with Gasteiger partial charge in [0.25, 0.3) is 5.91 Å². The van der Waals surface area contributed by atoms with Gasteiger partial charge in [0.05, 0.1) is 18.0 Å². The number of likely N-dealkylation sites (N-methyl/N-ethyl adjacent to an activating group) is 1. The van der Waals surface area contributed by atoms with E-state index in [4.69, 9.17) is 4.52 Å². The van der Waals surface area contributed by atoms with Gasteiger partial charge in [-0.05, 0) is 6.42 Å². The summed E-state index contributed by atoms with van der Waals surface area (Å²) in [5, 5.41) is 7.19. The lowest BCUT2D eigenvalue weighted by atomic mass is 9.94. The first-order chi connectivity index (χ1) is 10.9. The number of quaternary nitrogens is 1. The van der Waals surface area contributed by atoms with Crippen molar-refractivity contribution >= 4 is 28.5 Å². The number of carbonyl (C=O) groups excluding carboxylic acids is 1. The third-order valence-electron chi connectivity index (χ3n) is 6.20. The summed E-state index contributed by atoms with van der Waals surface area (Å²) in [6, 6.07) is 1.74. The van der Waals surface area contributed by atoms with E-state index in [0.717, 1.165) is 29.6 Å². The zero-order valence-corrected chi connectivity index (χ0v) is 17.1. The molecule has 1 fully saturated rings. The Morgan fingerprint density at radius 1 is 1.39 bits per heavy atom. The highest BCUT2D eigenvalue weighted by molar-refractivity contribution is 14.1. The number of halogens is 1. The maximum atomic E-state index is 12.7. The molecule has 1 N–H and O–H groups in total. The van der Waals surface area contributed by atoms with E-state index in [1.807, 2.05) is 0 Å². The fraction of sp³-hybridized carbons (Fsp3) is 0.765. The molecule has 130 valence electrons. The highest BCUT2D eigenvalue weighted by Gasteiger charge is 2.84. The molecule has 1 saturated heterocycles. The van der Waals surface area contributed by atoms with Crippen LogP contribution in [0.2, 0.25) is 0 Å². The highest BCUT2D eigenvalue weighted by Crippen LogP contribution is 2.61. The minimum atomic E-state index is -0.244. The highest BCUT2D eigenvalue weighted by atomic mass is 127. The average Bonchev–Trinajstić information content (AvgIpc) is 2.90. The van der Waals surface area contributed by atoms with Crippen LogP contribution < -0.4 is 5.32 Å². The van der Waals surface area contributed by atoms with E-state index in [-0.39, 0.29) is 17.1 Å². The summed E-state index contributed by atoms with van der Waals surface area (Å²) >= 11 is 2.20. The van der Waals surface area contributed by atoms with E-state index in [9.17, 15) is 4.79 Å². The lowest BCUT2D eigenvalue weighted by molar-refractivity contribution is -0.836. The number of nitrogens with zero attached hydrogens (tertiary/aromatic N) is 2. The molecule has 0 aliphatic carbocycles. The second-order valence-corrected chi connectivity index (χ2v) is 7.61. The van der Waals surface area contributed by atoms with Crippen LogP contribution in [0.1, 0.15) is 69.6 Å². The van der Waals surface area contributed by atoms with Crippen molar-refractivity contribution in [3.63, 3.8) is 0 Å². The van der Waals surface area contributed by atoms with Crippen LogP contribution in [0.15, 0.2) is 10.6 Å². The van der Waals surface area contributed by atoms with E-state index in [1.165, 1.54) is 12.8 Å². The van der Waals surface area contributed by atoms with Gasteiger partial charge in [0.1, 0.15) is 5.76 Å². The summed E-state index contributed by atoms with van der Waals surface area (Å²) in [4.78, 5) is 12.7. The monoisotopic (exact) mass is 434 g/mol. The van der Waals surface area contributed by atoms with Gasteiger partial charge >= 0.3 is 0 Å². The van der Waals surface area contributed by atoms with Crippen LogP contribution in [0.3, 0.4) is 0 Å². The molecule has 2 heterocycles. The van der Waals surface area contributed by atoms with Crippen LogP contribution in [0.4, 0.5) is 0 Å². The van der Waals surface area contributed by atoms with Gasteiger partial charge in [-0.1, -0.05) is 54.9 Å². The van der Waals surface area contributed by atoms with Gasteiger partial charge in [-0.15, -0.1) is 0 Å². The zero-order valence-electron chi connectivity index (χ0n) is 14.9. The number of amides is 1. The van der Waals surface area contributed by atoms with Crippen molar-refractivity contribution in [2.45, 2.75) is 69.0 Å². The SMILES string of the molecule is CCCC[N+]1(C)C(CC)(CC)C1(C)NC(=O)c1cc(CI)on1. The number of nitrogens with one attached hydrogen (secondary N) is 1. The fourth-order valence-corrected chi connectivity index (χ4v) is 4.96. The zero-order chi connectivity index (χ0) is 17.3. The Morgan fingerprint density at radius 3 is 2.52 bits per heavy atom. The molecule has 1 aromatic heterocycles. The van der Waals surface area contributed by atoms with Crippen molar-refractivity contribution in [2.24, 2.45) is 0 Å². The van der Waals surface area contributed by atoms with Crippen LogP contribution in [0.25, 0.3) is 0 Å². The predicted molar refractivity (Wildman–Crippen MR) is 99.4 cm³/mol. The molecule has 1 amide bonds. The molecule has 2 unspecified atom stereocenters. The number of aromatic nitrogens is 1. The molecule has 1 aliphatic heterocycles. The van der Waals surface area contributed by atoms with Gasteiger partial charge in [0, 0.05) is 25.8 Å². The molecule has 1 aromatic rings. The predicted octanol–water partition coefficient (Wildman–Crippen LogP) is 3.87. The number of alkyl halides is 1. The first kappa shape index (κ1) is 18.7. The normalized spacial score (nSPS) is 28.6. The molecule has 2 atom stereocenters. The Kier molecular flexibility index (Phi) is 5.45. The van der Waals surface area contributed by atoms with Crippen molar-refractivity contribution in [1.29, 1.82) is 0 Å². The minimum Gasteiger partial charge on any atom is -0.360 e. The topological polar surface area (TPSA) is 55.1 Å². The van der Waals surface area contributed by atoms with Crippen LogP contribution in [0.5, 0.6) is 0 Å². The summed E-state index contributed by atoms with van der Waals surface area (Å²) in [6.07, 6.45) is 4.45. The fourth-order valence-electron chi connectivity index (χ4n) is 4.60. The summed E-state index contributed by atoms with van der Waals surface area (Å²) < 4.78 is 6.79. The smallest absolute Gasteiger partial charge is 0.278 e. The molecular weight excluding hydrogens is 405 g/mol. The molecule has 0 aromatic carbocycles. The van der Waals surface area contributed by atoms with Crippen LogP contribution in [0, 0.1) is 0 Å². The van der Waals surface area contributed by atoms with Crippen LogP contribution >= 0.6 is 22.6 Å². The number of rotatable bonds is 8. The molecule has 1 aliphatic rings. The first-order valence-electron chi connectivity index (χ1n) is 8.55. The number of hydrogen-bond donors (Lipinski definition) is 1. The molecule has 0 radical (unpaired) electrons. The number of unbranched alkanes of at least 4 members (excludes halogenated alkanes) is 1. The Labute approximate surface area is 152 Å². The molecule has 2 rings (SSSR count). The van der Waals surface area contributed by atoms with E-state index in [2.05, 4.69) is 67.8 Å². The molecule has 6 heteroatoms. The summed E-state index contributed by atoms with van der Waals surface area (Å²) in [6.45, 7) is 9.95. The van der Waals surface area contributed by atoms with E-state index >= 15 is 0 Å². The van der Waals surface area contributed by atoms with E-state index in [0.29, 0.717) is 10.1 Å². The van der Waals surface area contributed by atoms with Crippen molar-refractivity contribution in [3.8, 4) is 0 Å². The number of carbonyl (C=O) groups is 1. The maximum Gasteiger partial charge on any atom is 0.278 e. The quantitative estimate of drug-likeness (QED) is 0.293. The third-order valence-corrected chi connectivity index (χ3v) is 6.95. The molecule has 0 saturated carbocycles. The minimum absolute atomic E-state index is 0.105. The third kappa shape index (κ3) is 2.62. The molecule has 23 heavy (non-hydrogen) atoms. The van der Waals surface area contributed by atoms with Gasteiger partial charge < -0.3 is 4.52 Å². The summed E-state index contributed by atoms with van der Waals surface area (Å²) in [5.41, 5.74) is 0.243. The van der Waals surface area contributed by atoms with E-state index in [1.54, 1.807) is 6.07 Å². The average molecular weight is 434 g/mol.